The van der Waals surface area contributed by atoms with E-state index in [-0.39, 0.29) is 5.91 Å². The van der Waals surface area contributed by atoms with Crippen LogP contribution in [0.15, 0.2) is 18.2 Å². The highest BCUT2D eigenvalue weighted by Crippen LogP contribution is 2.30. The molecular weight excluding hydrogens is 272 g/mol. The molecule has 1 N–H and O–H groups in total. The molecule has 4 heteroatoms. The predicted molar refractivity (Wildman–Crippen MR) is 81.3 cm³/mol. The Kier molecular flexibility index (Phi) is 3.99. The molecule has 20 heavy (non-hydrogen) atoms. The third-order valence-corrected chi connectivity index (χ3v) is 4.65. The summed E-state index contributed by atoms with van der Waals surface area (Å²) in [7, 11) is 0. The summed E-state index contributed by atoms with van der Waals surface area (Å²) >= 11 is 6.15. The van der Waals surface area contributed by atoms with Gasteiger partial charge in [-0.15, -0.1) is 0 Å². The van der Waals surface area contributed by atoms with Crippen molar-refractivity contribution in [2.75, 3.05) is 13.1 Å². The summed E-state index contributed by atoms with van der Waals surface area (Å²) in [6.45, 7) is 3.86. The van der Waals surface area contributed by atoms with Gasteiger partial charge in [0.15, 0.2) is 0 Å². The van der Waals surface area contributed by atoms with Gasteiger partial charge in [0.2, 0.25) is 0 Å². The molecule has 108 valence electrons. The van der Waals surface area contributed by atoms with Gasteiger partial charge in [-0.3, -0.25) is 4.79 Å². The zero-order valence-corrected chi connectivity index (χ0v) is 12.6. The molecule has 0 bridgehead atoms. The normalized spacial score (nSPS) is 22.0. The Morgan fingerprint density at radius 1 is 1.40 bits per heavy atom. The van der Waals surface area contributed by atoms with Crippen LogP contribution in [0.1, 0.15) is 41.6 Å². The lowest BCUT2D eigenvalue weighted by Crippen LogP contribution is -2.42. The minimum Gasteiger partial charge on any atom is -0.334 e. The maximum atomic E-state index is 12.7. The third-order valence-electron chi connectivity index (χ3n) is 4.25. The van der Waals surface area contributed by atoms with E-state index >= 15 is 0 Å². The van der Waals surface area contributed by atoms with E-state index in [0.717, 1.165) is 31.5 Å². The zero-order chi connectivity index (χ0) is 14.1. The molecule has 3 nitrogen and oxygen atoms in total. The van der Waals surface area contributed by atoms with Crippen molar-refractivity contribution in [2.45, 2.75) is 44.7 Å². The summed E-state index contributed by atoms with van der Waals surface area (Å²) in [5.41, 5.74) is 1.73. The first kappa shape index (κ1) is 13.9. The van der Waals surface area contributed by atoms with Crippen molar-refractivity contribution < 1.29 is 4.79 Å². The van der Waals surface area contributed by atoms with Crippen molar-refractivity contribution in [3.05, 3.63) is 34.3 Å². The lowest BCUT2D eigenvalue weighted by Gasteiger charge is -2.26. The van der Waals surface area contributed by atoms with Crippen molar-refractivity contribution in [3.8, 4) is 0 Å². The van der Waals surface area contributed by atoms with Crippen LogP contribution < -0.4 is 5.32 Å². The largest absolute Gasteiger partial charge is 0.334 e. The highest BCUT2D eigenvalue weighted by Gasteiger charge is 2.35. The van der Waals surface area contributed by atoms with Crippen molar-refractivity contribution in [1.82, 2.24) is 10.2 Å². The first-order valence-electron chi connectivity index (χ1n) is 7.45. The highest BCUT2D eigenvalue weighted by atomic mass is 35.5. The van der Waals surface area contributed by atoms with Gasteiger partial charge in [0.25, 0.3) is 5.91 Å². The van der Waals surface area contributed by atoms with E-state index in [1.54, 1.807) is 6.07 Å². The van der Waals surface area contributed by atoms with Gasteiger partial charge in [0.05, 0.1) is 0 Å². The summed E-state index contributed by atoms with van der Waals surface area (Å²) in [5, 5.41) is 4.15. The van der Waals surface area contributed by atoms with Crippen LogP contribution in [0.25, 0.3) is 0 Å². The van der Waals surface area contributed by atoms with Gasteiger partial charge in [-0.1, -0.05) is 17.7 Å². The zero-order valence-electron chi connectivity index (χ0n) is 11.9. The quantitative estimate of drug-likeness (QED) is 0.925. The fourth-order valence-corrected chi connectivity index (χ4v) is 3.01. The minimum absolute atomic E-state index is 0.128. The Balaban J connectivity index is 1.75. The van der Waals surface area contributed by atoms with Gasteiger partial charge in [-0.2, -0.15) is 0 Å². The molecule has 1 aliphatic carbocycles. The van der Waals surface area contributed by atoms with E-state index in [0.29, 0.717) is 22.7 Å². The number of rotatable bonds is 4. The molecule has 0 aromatic heterocycles. The van der Waals surface area contributed by atoms with Crippen LogP contribution in [-0.4, -0.2) is 36.0 Å². The average Bonchev–Trinajstić information content (AvgIpc) is 3.15. The molecule has 1 aliphatic heterocycles. The Labute approximate surface area is 125 Å². The number of aryl methyl sites for hydroxylation is 1. The van der Waals surface area contributed by atoms with E-state index in [1.165, 1.54) is 12.8 Å². The second-order valence-electron chi connectivity index (χ2n) is 5.95. The Bertz CT molecular complexity index is 507. The second kappa shape index (κ2) is 5.74. The fraction of sp³-hybridized carbons (Fsp3) is 0.562. The standard InChI is InChI=1S/C16H21ClN2O/c1-11-4-5-12(9-15(11)17)16(20)19(14-6-7-14)10-13-3-2-8-18-13/h4-5,9,13-14,18H,2-3,6-8,10H2,1H3. The number of amides is 1. The molecule has 1 saturated heterocycles. The van der Waals surface area contributed by atoms with Crippen LogP contribution in [0.4, 0.5) is 0 Å². The van der Waals surface area contributed by atoms with Gasteiger partial charge < -0.3 is 10.2 Å². The second-order valence-corrected chi connectivity index (χ2v) is 6.35. The molecule has 1 amide bonds. The van der Waals surface area contributed by atoms with E-state index in [9.17, 15) is 4.79 Å². The smallest absolute Gasteiger partial charge is 0.254 e. The van der Waals surface area contributed by atoms with E-state index in [2.05, 4.69) is 5.32 Å². The van der Waals surface area contributed by atoms with Crippen molar-refractivity contribution >= 4 is 17.5 Å². The first-order valence-corrected chi connectivity index (χ1v) is 7.83. The molecule has 1 heterocycles. The van der Waals surface area contributed by atoms with Crippen molar-refractivity contribution in [3.63, 3.8) is 0 Å². The first-order chi connectivity index (χ1) is 9.65. The molecule has 1 unspecified atom stereocenters. The van der Waals surface area contributed by atoms with E-state index in [4.69, 9.17) is 11.6 Å². The van der Waals surface area contributed by atoms with Crippen LogP contribution in [-0.2, 0) is 0 Å². The topological polar surface area (TPSA) is 32.3 Å². The number of carbonyl (C=O) groups excluding carboxylic acids is 1. The summed E-state index contributed by atoms with van der Waals surface area (Å²) in [4.78, 5) is 14.8. The van der Waals surface area contributed by atoms with Crippen LogP contribution in [0, 0.1) is 6.92 Å². The lowest BCUT2D eigenvalue weighted by atomic mass is 10.1. The van der Waals surface area contributed by atoms with Gasteiger partial charge >= 0.3 is 0 Å². The van der Waals surface area contributed by atoms with Crippen LogP contribution >= 0.6 is 11.6 Å². The van der Waals surface area contributed by atoms with Gasteiger partial charge in [-0.05, 0) is 56.8 Å². The summed E-state index contributed by atoms with van der Waals surface area (Å²) in [5.74, 6) is 0.128. The summed E-state index contributed by atoms with van der Waals surface area (Å²) < 4.78 is 0. The number of benzene rings is 1. The maximum Gasteiger partial charge on any atom is 0.254 e. The van der Waals surface area contributed by atoms with Crippen molar-refractivity contribution in [2.24, 2.45) is 0 Å². The molecule has 1 saturated carbocycles. The molecule has 1 atom stereocenters. The van der Waals surface area contributed by atoms with Crippen molar-refractivity contribution in [1.29, 1.82) is 0 Å². The predicted octanol–water partition coefficient (Wildman–Crippen LogP) is 3.01. The molecule has 0 spiro atoms. The van der Waals surface area contributed by atoms with E-state index < -0.39 is 0 Å². The number of carbonyl (C=O) groups is 1. The Morgan fingerprint density at radius 3 is 2.80 bits per heavy atom. The lowest BCUT2D eigenvalue weighted by molar-refractivity contribution is 0.0728. The molecule has 3 rings (SSSR count). The number of hydrogen-bond donors (Lipinski definition) is 1. The fourth-order valence-electron chi connectivity index (χ4n) is 2.83. The summed E-state index contributed by atoms with van der Waals surface area (Å²) in [6.07, 6.45) is 4.66. The minimum atomic E-state index is 0.128. The molecule has 1 aromatic rings. The molecular formula is C16H21ClN2O. The van der Waals surface area contributed by atoms with E-state index in [1.807, 2.05) is 24.0 Å². The molecule has 2 fully saturated rings. The van der Waals surface area contributed by atoms with Gasteiger partial charge in [0, 0.05) is 29.2 Å². The molecule has 0 radical (unpaired) electrons. The van der Waals surface area contributed by atoms with Crippen LogP contribution in [0.2, 0.25) is 5.02 Å². The number of nitrogens with zero attached hydrogens (tertiary/aromatic N) is 1. The molecule has 2 aliphatic rings. The third kappa shape index (κ3) is 2.99. The van der Waals surface area contributed by atoms with Gasteiger partial charge in [0.1, 0.15) is 0 Å². The number of hydrogen-bond acceptors (Lipinski definition) is 2. The number of nitrogens with one attached hydrogen (secondary N) is 1. The van der Waals surface area contributed by atoms with Gasteiger partial charge in [-0.25, -0.2) is 0 Å². The number of halogens is 1. The van der Waals surface area contributed by atoms with Crippen LogP contribution in [0.3, 0.4) is 0 Å². The average molecular weight is 293 g/mol. The maximum absolute atomic E-state index is 12.7. The SMILES string of the molecule is Cc1ccc(C(=O)N(CC2CCCN2)C2CC2)cc1Cl. The summed E-state index contributed by atoms with van der Waals surface area (Å²) in [6, 6.07) is 6.51. The van der Waals surface area contributed by atoms with Crippen LogP contribution in [0.5, 0.6) is 0 Å². The Hall–Kier alpha value is -1.06. The highest BCUT2D eigenvalue weighted by molar-refractivity contribution is 6.31. The molecule has 1 aromatic carbocycles. The Morgan fingerprint density at radius 2 is 2.20 bits per heavy atom. The monoisotopic (exact) mass is 292 g/mol.